The Morgan fingerprint density at radius 3 is 2.45 bits per heavy atom. The summed E-state index contributed by atoms with van der Waals surface area (Å²) in [7, 11) is 0. The second-order valence-electron chi connectivity index (χ2n) is 6.48. The van der Waals surface area contributed by atoms with Crippen molar-refractivity contribution in [1.82, 2.24) is 4.90 Å². The van der Waals surface area contributed by atoms with Crippen molar-refractivity contribution in [2.45, 2.75) is 32.6 Å². The lowest BCUT2D eigenvalue weighted by atomic mass is 9.95. The molecule has 0 spiro atoms. The van der Waals surface area contributed by atoms with Crippen LogP contribution < -0.4 is 10.6 Å². The maximum Gasteiger partial charge on any atom is 0.0387 e. The molecule has 0 radical (unpaired) electrons. The van der Waals surface area contributed by atoms with E-state index >= 15 is 0 Å². The number of benzene rings is 1. The SMILES string of the molecule is Cc1ccc(N2CCC(CN3CCCC3)CC2)cc1N. The minimum atomic E-state index is 0.896. The summed E-state index contributed by atoms with van der Waals surface area (Å²) in [6.45, 7) is 8.41. The molecule has 1 aromatic rings. The van der Waals surface area contributed by atoms with E-state index in [1.807, 2.05) is 0 Å². The van der Waals surface area contributed by atoms with Crippen molar-refractivity contribution in [3.05, 3.63) is 23.8 Å². The average molecular weight is 273 g/mol. The number of rotatable bonds is 3. The van der Waals surface area contributed by atoms with Crippen molar-refractivity contribution in [2.24, 2.45) is 5.92 Å². The molecule has 110 valence electrons. The quantitative estimate of drug-likeness (QED) is 0.860. The highest BCUT2D eigenvalue weighted by molar-refractivity contribution is 5.59. The van der Waals surface area contributed by atoms with E-state index in [1.54, 1.807) is 0 Å². The molecular formula is C17H27N3. The lowest BCUT2D eigenvalue weighted by molar-refractivity contribution is 0.249. The molecule has 0 aromatic heterocycles. The van der Waals surface area contributed by atoms with Gasteiger partial charge in [-0.05, 0) is 69.3 Å². The fourth-order valence-electron chi connectivity index (χ4n) is 3.53. The minimum absolute atomic E-state index is 0.896. The molecule has 0 saturated carbocycles. The minimum Gasteiger partial charge on any atom is -0.398 e. The zero-order chi connectivity index (χ0) is 13.9. The number of likely N-dealkylation sites (tertiary alicyclic amines) is 1. The first-order chi connectivity index (χ1) is 9.72. The summed E-state index contributed by atoms with van der Waals surface area (Å²) in [6.07, 6.45) is 5.46. The molecule has 2 N–H and O–H groups in total. The number of hydrogen-bond donors (Lipinski definition) is 1. The van der Waals surface area contributed by atoms with Gasteiger partial charge in [0.2, 0.25) is 0 Å². The number of nitrogens with zero attached hydrogens (tertiary/aromatic N) is 2. The summed E-state index contributed by atoms with van der Waals surface area (Å²) in [5.74, 6) is 0.896. The molecule has 0 atom stereocenters. The molecule has 2 saturated heterocycles. The highest BCUT2D eigenvalue weighted by atomic mass is 15.2. The zero-order valence-electron chi connectivity index (χ0n) is 12.6. The molecule has 3 nitrogen and oxygen atoms in total. The monoisotopic (exact) mass is 273 g/mol. The van der Waals surface area contributed by atoms with E-state index in [-0.39, 0.29) is 0 Å². The Bertz CT molecular complexity index is 444. The van der Waals surface area contributed by atoms with E-state index in [0.717, 1.165) is 11.6 Å². The molecule has 0 amide bonds. The molecule has 0 unspecified atom stereocenters. The Morgan fingerprint density at radius 1 is 1.10 bits per heavy atom. The summed E-state index contributed by atoms with van der Waals surface area (Å²) in [6, 6.07) is 6.49. The number of piperidine rings is 1. The zero-order valence-corrected chi connectivity index (χ0v) is 12.6. The fraction of sp³-hybridized carbons (Fsp3) is 0.647. The average Bonchev–Trinajstić information content (AvgIpc) is 2.96. The molecule has 1 aromatic carbocycles. The van der Waals surface area contributed by atoms with Gasteiger partial charge in [-0.25, -0.2) is 0 Å². The third-order valence-corrected chi connectivity index (χ3v) is 4.96. The Morgan fingerprint density at radius 2 is 1.80 bits per heavy atom. The molecular weight excluding hydrogens is 246 g/mol. The topological polar surface area (TPSA) is 32.5 Å². The Labute approximate surface area is 122 Å². The van der Waals surface area contributed by atoms with Crippen LogP contribution >= 0.6 is 0 Å². The summed E-state index contributed by atoms with van der Waals surface area (Å²) in [4.78, 5) is 5.15. The van der Waals surface area contributed by atoms with Gasteiger partial charge in [0.05, 0.1) is 0 Å². The highest BCUT2D eigenvalue weighted by Crippen LogP contribution is 2.27. The van der Waals surface area contributed by atoms with Gasteiger partial charge in [0.15, 0.2) is 0 Å². The molecule has 0 aliphatic carbocycles. The van der Waals surface area contributed by atoms with Crippen LogP contribution in [0.1, 0.15) is 31.2 Å². The van der Waals surface area contributed by atoms with Gasteiger partial charge in [0, 0.05) is 31.0 Å². The van der Waals surface area contributed by atoms with Crippen molar-refractivity contribution in [3.8, 4) is 0 Å². The highest BCUT2D eigenvalue weighted by Gasteiger charge is 2.23. The van der Waals surface area contributed by atoms with Crippen LogP contribution in [0.15, 0.2) is 18.2 Å². The van der Waals surface area contributed by atoms with Gasteiger partial charge < -0.3 is 15.5 Å². The molecule has 2 fully saturated rings. The molecule has 2 heterocycles. The molecule has 0 bridgehead atoms. The third-order valence-electron chi connectivity index (χ3n) is 4.96. The van der Waals surface area contributed by atoms with Gasteiger partial charge >= 0.3 is 0 Å². The first-order valence-electron chi connectivity index (χ1n) is 8.06. The van der Waals surface area contributed by atoms with Crippen LogP contribution in [-0.4, -0.2) is 37.6 Å². The van der Waals surface area contributed by atoms with Crippen LogP contribution in [0.4, 0.5) is 11.4 Å². The Hall–Kier alpha value is -1.22. The first kappa shape index (κ1) is 13.7. The van der Waals surface area contributed by atoms with Crippen LogP contribution in [0.5, 0.6) is 0 Å². The van der Waals surface area contributed by atoms with Crippen LogP contribution in [0.3, 0.4) is 0 Å². The number of hydrogen-bond acceptors (Lipinski definition) is 3. The summed E-state index contributed by atoms with van der Waals surface area (Å²) in [5, 5.41) is 0. The van der Waals surface area contributed by atoms with E-state index in [0.29, 0.717) is 0 Å². The van der Waals surface area contributed by atoms with E-state index in [2.05, 4.69) is 34.9 Å². The molecule has 2 aliphatic heterocycles. The molecule has 20 heavy (non-hydrogen) atoms. The molecule has 2 aliphatic rings. The molecule has 3 rings (SSSR count). The van der Waals surface area contributed by atoms with Crippen molar-refractivity contribution in [2.75, 3.05) is 43.4 Å². The largest absolute Gasteiger partial charge is 0.398 e. The lowest BCUT2D eigenvalue weighted by Crippen LogP contribution is -2.38. The first-order valence-corrected chi connectivity index (χ1v) is 8.06. The Kier molecular flexibility index (Phi) is 4.16. The van der Waals surface area contributed by atoms with Gasteiger partial charge in [-0.2, -0.15) is 0 Å². The number of nitrogen functional groups attached to an aromatic ring is 1. The fourth-order valence-corrected chi connectivity index (χ4v) is 3.53. The maximum atomic E-state index is 6.03. The van der Waals surface area contributed by atoms with E-state index in [4.69, 9.17) is 5.73 Å². The van der Waals surface area contributed by atoms with Crippen LogP contribution in [0.2, 0.25) is 0 Å². The van der Waals surface area contributed by atoms with E-state index < -0.39 is 0 Å². The molecule has 3 heteroatoms. The van der Waals surface area contributed by atoms with Gasteiger partial charge in [0.1, 0.15) is 0 Å². The van der Waals surface area contributed by atoms with E-state index in [9.17, 15) is 0 Å². The summed E-state index contributed by atoms with van der Waals surface area (Å²) >= 11 is 0. The van der Waals surface area contributed by atoms with Gasteiger partial charge in [0.25, 0.3) is 0 Å². The van der Waals surface area contributed by atoms with Crippen molar-refractivity contribution in [1.29, 1.82) is 0 Å². The third kappa shape index (κ3) is 3.09. The van der Waals surface area contributed by atoms with Gasteiger partial charge in [-0.15, -0.1) is 0 Å². The van der Waals surface area contributed by atoms with Crippen molar-refractivity contribution in [3.63, 3.8) is 0 Å². The normalized spacial score (nSPS) is 21.6. The lowest BCUT2D eigenvalue weighted by Gasteiger charge is -2.35. The van der Waals surface area contributed by atoms with Crippen molar-refractivity contribution >= 4 is 11.4 Å². The second kappa shape index (κ2) is 6.04. The maximum absolute atomic E-state index is 6.03. The number of nitrogens with two attached hydrogens (primary N) is 1. The van der Waals surface area contributed by atoms with Crippen molar-refractivity contribution < 1.29 is 0 Å². The predicted octanol–water partition coefficient (Wildman–Crippen LogP) is 2.89. The second-order valence-corrected chi connectivity index (χ2v) is 6.48. The van der Waals surface area contributed by atoms with E-state index in [1.165, 1.54) is 69.7 Å². The van der Waals surface area contributed by atoms with Gasteiger partial charge in [-0.3, -0.25) is 0 Å². The van der Waals surface area contributed by atoms with Crippen LogP contribution in [-0.2, 0) is 0 Å². The number of aryl methyl sites for hydroxylation is 1. The summed E-state index contributed by atoms with van der Waals surface area (Å²) in [5.41, 5.74) is 9.43. The smallest absolute Gasteiger partial charge is 0.0387 e. The van der Waals surface area contributed by atoms with Crippen LogP contribution in [0, 0.1) is 12.8 Å². The Balaban J connectivity index is 1.53. The van der Waals surface area contributed by atoms with Gasteiger partial charge in [-0.1, -0.05) is 6.07 Å². The predicted molar refractivity (Wildman–Crippen MR) is 86.2 cm³/mol. The van der Waals surface area contributed by atoms with Crippen LogP contribution in [0.25, 0.3) is 0 Å². The summed E-state index contributed by atoms with van der Waals surface area (Å²) < 4.78 is 0. The number of anilines is 2. The standard InChI is InChI=1S/C17H27N3/c1-14-4-5-16(12-17(14)18)20-10-6-15(7-11-20)13-19-8-2-3-9-19/h4-5,12,15H,2-3,6-11,13,18H2,1H3.